The van der Waals surface area contributed by atoms with Gasteiger partial charge in [0.1, 0.15) is 0 Å². The zero-order valence-corrected chi connectivity index (χ0v) is 13.5. The van der Waals surface area contributed by atoms with Crippen LogP contribution in [0.15, 0.2) is 41.6 Å². The summed E-state index contributed by atoms with van der Waals surface area (Å²) in [6.07, 6.45) is 5.38. The Hall–Kier alpha value is -1.50. The highest BCUT2D eigenvalue weighted by Gasteiger charge is 2.26. The van der Waals surface area contributed by atoms with Gasteiger partial charge in [-0.15, -0.1) is 0 Å². The van der Waals surface area contributed by atoms with Crippen LogP contribution in [0.25, 0.3) is 10.8 Å². The molecule has 22 heavy (non-hydrogen) atoms. The fourth-order valence-electron chi connectivity index (χ4n) is 3.01. The molecule has 1 aromatic heterocycles. The van der Waals surface area contributed by atoms with E-state index >= 15 is 0 Å². The van der Waals surface area contributed by atoms with Crippen molar-refractivity contribution in [3.8, 4) is 0 Å². The van der Waals surface area contributed by atoms with Gasteiger partial charge >= 0.3 is 0 Å². The van der Waals surface area contributed by atoms with Crippen molar-refractivity contribution < 1.29 is 8.42 Å². The number of fused-ring (bicyclic) bond motifs is 1. The molecule has 5 nitrogen and oxygen atoms in total. The molecule has 1 aromatic carbocycles. The van der Waals surface area contributed by atoms with Crippen molar-refractivity contribution >= 4 is 20.8 Å². The van der Waals surface area contributed by atoms with Crippen molar-refractivity contribution in [1.82, 2.24) is 14.6 Å². The van der Waals surface area contributed by atoms with Crippen LogP contribution in [0, 0.1) is 5.92 Å². The van der Waals surface area contributed by atoms with Crippen molar-refractivity contribution in [3.63, 3.8) is 0 Å². The van der Waals surface area contributed by atoms with Crippen LogP contribution in [-0.4, -0.2) is 44.4 Å². The Morgan fingerprint density at radius 3 is 2.82 bits per heavy atom. The molecule has 1 aliphatic rings. The third-order valence-corrected chi connectivity index (χ3v) is 6.18. The Labute approximate surface area is 131 Å². The van der Waals surface area contributed by atoms with Gasteiger partial charge in [-0.1, -0.05) is 12.1 Å². The highest BCUT2D eigenvalue weighted by atomic mass is 32.2. The van der Waals surface area contributed by atoms with E-state index in [0.717, 1.165) is 36.7 Å². The molecule has 3 rings (SSSR count). The fourth-order valence-corrected chi connectivity index (χ4v) is 4.47. The van der Waals surface area contributed by atoms with Gasteiger partial charge < -0.3 is 5.32 Å². The van der Waals surface area contributed by atoms with E-state index in [4.69, 9.17) is 0 Å². The van der Waals surface area contributed by atoms with Crippen LogP contribution in [0.2, 0.25) is 0 Å². The first kappa shape index (κ1) is 15.4. The third-order valence-electron chi connectivity index (χ3n) is 4.30. The monoisotopic (exact) mass is 319 g/mol. The van der Waals surface area contributed by atoms with Gasteiger partial charge in [-0.2, -0.15) is 0 Å². The lowest BCUT2D eigenvalue weighted by atomic mass is 9.98. The first-order valence-electron chi connectivity index (χ1n) is 7.59. The zero-order chi connectivity index (χ0) is 15.6. The SMILES string of the molecule is CN(CC1CCNCC1)S(=O)(=O)c1cccc2cnccc12. The molecular weight excluding hydrogens is 298 g/mol. The molecule has 0 aliphatic carbocycles. The molecular formula is C16H21N3O2S. The summed E-state index contributed by atoms with van der Waals surface area (Å²) in [6, 6.07) is 7.10. The Morgan fingerprint density at radius 2 is 2.05 bits per heavy atom. The Morgan fingerprint density at radius 1 is 1.27 bits per heavy atom. The summed E-state index contributed by atoms with van der Waals surface area (Å²) in [5, 5.41) is 4.88. The van der Waals surface area contributed by atoms with Crippen molar-refractivity contribution in [2.45, 2.75) is 17.7 Å². The number of aromatic nitrogens is 1. The Kier molecular flexibility index (Phi) is 4.42. The van der Waals surface area contributed by atoms with Crippen LogP contribution in [-0.2, 0) is 10.0 Å². The van der Waals surface area contributed by atoms with E-state index in [0.29, 0.717) is 17.4 Å². The van der Waals surface area contributed by atoms with Gasteiger partial charge in [0.25, 0.3) is 0 Å². The maximum atomic E-state index is 12.9. The molecule has 0 radical (unpaired) electrons. The average Bonchev–Trinajstić information content (AvgIpc) is 2.55. The molecule has 2 aromatic rings. The largest absolute Gasteiger partial charge is 0.317 e. The number of benzene rings is 1. The van der Waals surface area contributed by atoms with Gasteiger partial charge in [0, 0.05) is 36.8 Å². The second-order valence-corrected chi connectivity index (χ2v) is 7.85. The first-order chi connectivity index (χ1) is 10.6. The van der Waals surface area contributed by atoms with Crippen LogP contribution >= 0.6 is 0 Å². The van der Waals surface area contributed by atoms with Gasteiger partial charge in [-0.05, 0) is 44.0 Å². The second kappa shape index (κ2) is 6.32. The van der Waals surface area contributed by atoms with Gasteiger partial charge in [-0.3, -0.25) is 4.98 Å². The number of nitrogens with zero attached hydrogens (tertiary/aromatic N) is 2. The van der Waals surface area contributed by atoms with Crippen LogP contribution in [0.1, 0.15) is 12.8 Å². The third kappa shape index (κ3) is 2.99. The summed E-state index contributed by atoms with van der Waals surface area (Å²) in [7, 11) is -1.80. The van der Waals surface area contributed by atoms with Crippen LogP contribution in [0.4, 0.5) is 0 Å². The van der Waals surface area contributed by atoms with E-state index in [-0.39, 0.29) is 0 Å². The summed E-state index contributed by atoms with van der Waals surface area (Å²) in [5.74, 6) is 0.428. The van der Waals surface area contributed by atoms with Gasteiger partial charge in [0.05, 0.1) is 4.90 Å². The van der Waals surface area contributed by atoms with Crippen molar-refractivity contribution in [3.05, 3.63) is 36.7 Å². The number of hydrogen-bond acceptors (Lipinski definition) is 4. The smallest absolute Gasteiger partial charge is 0.243 e. The van der Waals surface area contributed by atoms with Crippen molar-refractivity contribution in [2.75, 3.05) is 26.7 Å². The molecule has 2 heterocycles. The molecule has 0 spiro atoms. The molecule has 1 N–H and O–H groups in total. The quantitative estimate of drug-likeness (QED) is 0.934. The maximum Gasteiger partial charge on any atom is 0.243 e. The number of hydrogen-bond donors (Lipinski definition) is 1. The van der Waals surface area contributed by atoms with Crippen molar-refractivity contribution in [1.29, 1.82) is 0 Å². The number of pyridine rings is 1. The van der Waals surface area contributed by atoms with E-state index in [9.17, 15) is 8.42 Å². The normalized spacial score (nSPS) is 17.2. The minimum absolute atomic E-state index is 0.365. The number of piperidine rings is 1. The standard InChI is InChI=1S/C16H21N3O2S/c1-19(12-13-5-8-17-9-6-13)22(20,21)16-4-2-3-14-11-18-10-7-15(14)16/h2-4,7,10-11,13,17H,5-6,8-9,12H2,1H3. The van der Waals surface area contributed by atoms with E-state index in [1.807, 2.05) is 6.07 Å². The molecule has 1 aliphatic heterocycles. The van der Waals surface area contributed by atoms with Gasteiger partial charge in [0.15, 0.2) is 0 Å². The zero-order valence-electron chi connectivity index (χ0n) is 12.7. The van der Waals surface area contributed by atoms with Crippen LogP contribution in [0.5, 0.6) is 0 Å². The molecule has 118 valence electrons. The number of sulfonamides is 1. The minimum atomic E-state index is -3.48. The van der Waals surface area contributed by atoms with E-state index < -0.39 is 10.0 Å². The average molecular weight is 319 g/mol. The molecule has 1 fully saturated rings. The maximum absolute atomic E-state index is 12.9. The summed E-state index contributed by atoms with van der Waals surface area (Å²) >= 11 is 0. The Bertz CT molecular complexity index is 750. The van der Waals surface area contributed by atoms with E-state index in [1.165, 1.54) is 4.31 Å². The highest BCUT2D eigenvalue weighted by molar-refractivity contribution is 7.89. The molecule has 1 saturated heterocycles. The predicted molar refractivity (Wildman–Crippen MR) is 87.2 cm³/mol. The minimum Gasteiger partial charge on any atom is -0.317 e. The van der Waals surface area contributed by atoms with Crippen LogP contribution in [0.3, 0.4) is 0 Å². The summed E-state index contributed by atoms with van der Waals surface area (Å²) in [4.78, 5) is 4.42. The molecule has 0 bridgehead atoms. The number of rotatable bonds is 4. The molecule has 0 amide bonds. The molecule has 0 saturated carbocycles. The summed E-state index contributed by atoms with van der Waals surface area (Å²) < 4.78 is 27.3. The summed E-state index contributed by atoms with van der Waals surface area (Å²) in [5.41, 5.74) is 0. The molecule has 0 atom stereocenters. The van der Waals surface area contributed by atoms with Gasteiger partial charge in [-0.25, -0.2) is 12.7 Å². The molecule has 6 heteroatoms. The van der Waals surface area contributed by atoms with E-state index in [1.54, 1.807) is 37.6 Å². The number of nitrogens with one attached hydrogen (secondary N) is 1. The lowest BCUT2D eigenvalue weighted by molar-refractivity contribution is 0.311. The fraction of sp³-hybridized carbons (Fsp3) is 0.438. The molecule has 0 unspecified atom stereocenters. The lowest BCUT2D eigenvalue weighted by Crippen LogP contribution is -2.37. The lowest BCUT2D eigenvalue weighted by Gasteiger charge is -2.27. The topological polar surface area (TPSA) is 62.3 Å². The summed E-state index contributed by atoms with van der Waals surface area (Å²) in [6.45, 7) is 2.52. The van der Waals surface area contributed by atoms with Crippen molar-refractivity contribution in [2.24, 2.45) is 5.92 Å². The highest BCUT2D eigenvalue weighted by Crippen LogP contribution is 2.25. The van der Waals surface area contributed by atoms with Gasteiger partial charge in [0.2, 0.25) is 10.0 Å². The predicted octanol–water partition coefficient (Wildman–Crippen LogP) is 1.85. The van der Waals surface area contributed by atoms with Crippen LogP contribution < -0.4 is 5.32 Å². The van der Waals surface area contributed by atoms with E-state index in [2.05, 4.69) is 10.3 Å². The first-order valence-corrected chi connectivity index (χ1v) is 9.03. The Balaban J connectivity index is 1.90. The second-order valence-electron chi connectivity index (χ2n) is 5.83.